The maximum Gasteiger partial charge on any atom is 0.337 e. The molecular formula is C17H17ClN2O5. The zero-order valence-electron chi connectivity index (χ0n) is 13.2. The van der Waals surface area contributed by atoms with Crippen LogP contribution in [0.3, 0.4) is 0 Å². The number of aromatic carboxylic acids is 2. The van der Waals surface area contributed by atoms with Crippen molar-refractivity contribution in [3.63, 3.8) is 0 Å². The Morgan fingerprint density at radius 2 is 1.96 bits per heavy atom. The molecule has 0 spiro atoms. The molecule has 0 saturated carbocycles. The summed E-state index contributed by atoms with van der Waals surface area (Å²) in [5, 5.41) is 19.0. The van der Waals surface area contributed by atoms with E-state index in [2.05, 4.69) is 4.98 Å². The highest BCUT2D eigenvalue weighted by Gasteiger charge is 2.25. The molecule has 0 bridgehead atoms. The van der Waals surface area contributed by atoms with Crippen LogP contribution in [0.2, 0.25) is 5.02 Å². The van der Waals surface area contributed by atoms with Crippen LogP contribution >= 0.6 is 11.6 Å². The molecule has 8 heteroatoms. The van der Waals surface area contributed by atoms with Crippen LogP contribution in [0.4, 0.5) is 0 Å². The summed E-state index contributed by atoms with van der Waals surface area (Å²) >= 11 is 6.25. The van der Waals surface area contributed by atoms with Gasteiger partial charge in [-0.05, 0) is 17.7 Å². The number of pyridine rings is 1. The Kier molecular flexibility index (Phi) is 6.46. The Bertz CT molecular complexity index is 781. The van der Waals surface area contributed by atoms with Gasteiger partial charge < -0.3 is 20.7 Å². The minimum absolute atomic E-state index is 0.112. The molecule has 0 aliphatic rings. The molecule has 1 unspecified atom stereocenters. The summed E-state index contributed by atoms with van der Waals surface area (Å²) in [7, 11) is 0. The summed E-state index contributed by atoms with van der Waals surface area (Å²) in [4.78, 5) is 26.8. The molecular weight excluding hydrogens is 348 g/mol. The van der Waals surface area contributed by atoms with Crippen molar-refractivity contribution in [2.24, 2.45) is 5.73 Å². The van der Waals surface area contributed by atoms with Gasteiger partial charge in [-0.3, -0.25) is 4.98 Å². The molecule has 25 heavy (non-hydrogen) atoms. The molecule has 132 valence electrons. The number of nitrogens with two attached hydrogens (primary N) is 1. The van der Waals surface area contributed by atoms with E-state index in [1.807, 2.05) is 0 Å². The number of rotatable bonds is 8. The first-order valence-corrected chi connectivity index (χ1v) is 7.82. The summed E-state index contributed by atoms with van der Waals surface area (Å²) in [5.41, 5.74) is 5.83. The topological polar surface area (TPSA) is 123 Å². The number of hydrogen-bond donors (Lipinski definition) is 3. The monoisotopic (exact) mass is 364 g/mol. The van der Waals surface area contributed by atoms with Crippen LogP contribution in [-0.4, -0.2) is 46.9 Å². The SMILES string of the molecule is NCCOCC(c1ccccc1Cl)c1ncc(C(=O)O)cc1C(=O)O. The number of carboxylic acid groups (broad SMARTS) is 2. The number of nitrogens with zero attached hydrogens (tertiary/aromatic N) is 1. The van der Waals surface area contributed by atoms with Gasteiger partial charge in [0.15, 0.2) is 0 Å². The fourth-order valence-corrected chi connectivity index (χ4v) is 2.67. The van der Waals surface area contributed by atoms with Crippen LogP contribution in [0.25, 0.3) is 0 Å². The molecule has 0 aliphatic heterocycles. The van der Waals surface area contributed by atoms with E-state index in [9.17, 15) is 14.7 Å². The second kappa shape index (κ2) is 8.57. The highest BCUT2D eigenvalue weighted by molar-refractivity contribution is 6.31. The van der Waals surface area contributed by atoms with Gasteiger partial charge in [0.25, 0.3) is 0 Å². The highest BCUT2D eigenvalue weighted by Crippen LogP contribution is 2.31. The summed E-state index contributed by atoms with van der Waals surface area (Å²) in [6, 6.07) is 8.03. The molecule has 1 aromatic heterocycles. The molecule has 2 aromatic rings. The lowest BCUT2D eigenvalue weighted by Crippen LogP contribution is -2.19. The fourth-order valence-electron chi connectivity index (χ4n) is 2.40. The third kappa shape index (κ3) is 4.54. The Hall–Kier alpha value is -2.48. The average Bonchev–Trinajstić information content (AvgIpc) is 2.59. The molecule has 0 amide bonds. The van der Waals surface area contributed by atoms with E-state index >= 15 is 0 Å². The van der Waals surface area contributed by atoms with Crippen LogP contribution in [0.1, 0.15) is 37.9 Å². The van der Waals surface area contributed by atoms with E-state index in [0.717, 1.165) is 12.3 Å². The first-order valence-electron chi connectivity index (χ1n) is 7.44. The third-order valence-electron chi connectivity index (χ3n) is 3.55. The summed E-state index contributed by atoms with van der Waals surface area (Å²) in [5.74, 6) is -3.11. The van der Waals surface area contributed by atoms with Gasteiger partial charge in [0.1, 0.15) is 0 Å². The van der Waals surface area contributed by atoms with Crippen LogP contribution < -0.4 is 5.73 Å². The molecule has 4 N–H and O–H groups in total. The van der Waals surface area contributed by atoms with E-state index < -0.39 is 17.9 Å². The largest absolute Gasteiger partial charge is 0.478 e. The third-order valence-corrected chi connectivity index (χ3v) is 3.90. The van der Waals surface area contributed by atoms with Gasteiger partial charge in [0, 0.05) is 17.8 Å². The Morgan fingerprint density at radius 1 is 1.24 bits per heavy atom. The van der Waals surface area contributed by atoms with Crippen LogP contribution in [0, 0.1) is 0 Å². The van der Waals surface area contributed by atoms with Crippen molar-refractivity contribution in [2.75, 3.05) is 19.8 Å². The van der Waals surface area contributed by atoms with Gasteiger partial charge in [-0.1, -0.05) is 29.8 Å². The Labute approximate surface area is 149 Å². The van der Waals surface area contributed by atoms with Crippen molar-refractivity contribution in [3.05, 3.63) is 63.9 Å². The molecule has 1 atom stereocenters. The van der Waals surface area contributed by atoms with Crippen molar-refractivity contribution < 1.29 is 24.5 Å². The zero-order chi connectivity index (χ0) is 18.4. The first-order chi connectivity index (χ1) is 12.0. The standard InChI is InChI=1S/C17H17ClN2O5/c18-14-4-2-1-3-11(14)13(9-25-6-5-19)15-12(17(23)24)7-10(8-20-15)16(21)22/h1-4,7-8,13H,5-6,9,19H2,(H,21,22)(H,23,24). The number of ether oxygens (including phenoxy) is 1. The lowest BCUT2D eigenvalue weighted by atomic mass is 9.92. The van der Waals surface area contributed by atoms with Gasteiger partial charge in [0.2, 0.25) is 0 Å². The minimum atomic E-state index is -1.28. The van der Waals surface area contributed by atoms with Crippen molar-refractivity contribution in [3.8, 4) is 0 Å². The number of carbonyl (C=O) groups is 2. The quantitative estimate of drug-likeness (QED) is 0.614. The lowest BCUT2D eigenvalue weighted by Gasteiger charge is -2.20. The lowest BCUT2D eigenvalue weighted by molar-refractivity contribution is 0.0693. The summed E-state index contributed by atoms with van der Waals surface area (Å²) in [6.07, 6.45) is 1.12. The molecule has 0 aliphatic carbocycles. The average molecular weight is 365 g/mol. The van der Waals surface area contributed by atoms with Crippen molar-refractivity contribution >= 4 is 23.5 Å². The number of hydrogen-bond acceptors (Lipinski definition) is 5. The molecule has 0 saturated heterocycles. The van der Waals surface area contributed by atoms with Crippen molar-refractivity contribution in [2.45, 2.75) is 5.92 Å². The van der Waals surface area contributed by atoms with Gasteiger partial charge in [-0.25, -0.2) is 9.59 Å². The number of carboxylic acids is 2. The van der Waals surface area contributed by atoms with E-state index in [0.29, 0.717) is 17.1 Å². The number of aromatic nitrogens is 1. The predicted octanol–water partition coefficient (Wildman–Crippen LogP) is 2.24. The van der Waals surface area contributed by atoms with E-state index in [1.165, 1.54) is 0 Å². The van der Waals surface area contributed by atoms with Crippen LogP contribution in [0.15, 0.2) is 36.5 Å². The Morgan fingerprint density at radius 3 is 2.56 bits per heavy atom. The van der Waals surface area contributed by atoms with Crippen LogP contribution in [0.5, 0.6) is 0 Å². The number of benzene rings is 1. The maximum atomic E-state index is 11.6. The molecule has 2 rings (SSSR count). The Balaban J connectivity index is 2.55. The van der Waals surface area contributed by atoms with Crippen molar-refractivity contribution in [1.82, 2.24) is 4.98 Å². The molecule has 7 nitrogen and oxygen atoms in total. The van der Waals surface area contributed by atoms with Gasteiger partial charge in [0.05, 0.1) is 36.0 Å². The minimum Gasteiger partial charge on any atom is -0.478 e. The van der Waals surface area contributed by atoms with Crippen LogP contribution in [-0.2, 0) is 4.74 Å². The second-order valence-electron chi connectivity index (χ2n) is 5.20. The summed E-state index contributed by atoms with van der Waals surface area (Å²) < 4.78 is 5.49. The van der Waals surface area contributed by atoms with E-state index in [4.69, 9.17) is 27.2 Å². The van der Waals surface area contributed by atoms with Crippen molar-refractivity contribution in [1.29, 1.82) is 0 Å². The second-order valence-corrected chi connectivity index (χ2v) is 5.61. The normalized spacial score (nSPS) is 11.9. The highest BCUT2D eigenvalue weighted by atomic mass is 35.5. The van der Waals surface area contributed by atoms with Gasteiger partial charge in [-0.15, -0.1) is 0 Å². The maximum absolute atomic E-state index is 11.6. The first kappa shape index (κ1) is 18.9. The zero-order valence-corrected chi connectivity index (χ0v) is 13.9. The molecule has 0 fully saturated rings. The van der Waals surface area contributed by atoms with E-state index in [1.54, 1.807) is 24.3 Å². The molecule has 1 aromatic carbocycles. The fraction of sp³-hybridized carbons (Fsp3) is 0.235. The van der Waals surface area contributed by atoms with Gasteiger partial charge in [-0.2, -0.15) is 0 Å². The van der Waals surface area contributed by atoms with E-state index in [-0.39, 0.29) is 30.0 Å². The number of halogens is 1. The molecule has 1 heterocycles. The smallest absolute Gasteiger partial charge is 0.337 e. The molecule has 0 radical (unpaired) electrons. The van der Waals surface area contributed by atoms with Gasteiger partial charge >= 0.3 is 11.9 Å². The summed E-state index contributed by atoms with van der Waals surface area (Å²) in [6.45, 7) is 0.712. The predicted molar refractivity (Wildman–Crippen MR) is 91.3 cm³/mol.